The van der Waals surface area contributed by atoms with Crippen molar-refractivity contribution in [3.05, 3.63) is 18.2 Å². The van der Waals surface area contributed by atoms with Crippen molar-refractivity contribution in [2.45, 2.75) is 31.1 Å². The van der Waals surface area contributed by atoms with E-state index in [-0.39, 0.29) is 23.5 Å². The van der Waals surface area contributed by atoms with Gasteiger partial charge in [-0.2, -0.15) is 4.31 Å². The molecule has 0 bridgehead atoms. The Morgan fingerprint density at radius 3 is 2.67 bits per heavy atom. The Balaban J connectivity index is 1.66. The van der Waals surface area contributed by atoms with Gasteiger partial charge >= 0.3 is 0 Å². The highest BCUT2D eigenvalue weighted by atomic mass is 32.2. The van der Waals surface area contributed by atoms with E-state index in [0.29, 0.717) is 44.0 Å². The Labute approximate surface area is 142 Å². The summed E-state index contributed by atoms with van der Waals surface area (Å²) in [5, 5.41) is 2.88. The van der Waals surface area contributed by atoms with E-state index in [0.717, 1.165) is 6.42 Å². The summed E-state index contributed by atoms with van der Waals surface area (Å²) in [7, 11) is -3.58. The van der Waals surface area contributed by atoms with Gasteiger partial charge in [-0.1, -0.05) is 6.92 Å². The molecule has 3 rings (SSSR count). The summed E-state index contributed by atoms with van der Waals surface area (Å²) in [6.45, 7) is 3.47. The number of sulfonamides is 1. The van der Waals surface area contributed by atoms with Crippen molar-refractivity contribution in [1.29, 1.82) is 0 Å². The highest BCUT2D eigenvalue weighted by Gasteiger charge is 2.32. The molecule has 0 spiro atoms. The molecule has 1 aromatic rings. The molecule has 1 saturated heterocycles. The minimum atomic E-state index is -3.58. The normalized spacial score (nSPS) is 18.5. The van der Waals surface area contributed by atoms with Crippen LogP contribution in [0.2, 0.25) is 0 Å². The van der Waals surface area contributed by atoms with E-state index in [2.05, 4.69) is 5.32 Å². The van der Waals surface area contributed by atoms with Crippen LogP contribution < -0.4 is 14.8 Å². The number of rotatable bonds is 5. The summed E-state index contributed by atoms with van der Waals surface area (Å²) in [5.74, 6) is 0.918. The van der Waals surface area contributed by atoms with Crippen molar-refractivity contribution in [3.8, 4) is 11.5 Å². The first-order valence-electron chi connectivity index (χ1n) is 8.20. The quantitative estimate of drug-likeness (QED) is 0.863. The summed E-state index contributed by atoms with van der Waals surface area (Å²) in [5.41, 5.74) is 0. The van der Waals surface area contributed by atoms with Crippen molar-refractivity contribution in [3.63, 3.8) is 0 Å². The van der Waals surface area contributed by atoms with Gasteiger partial charge in [-0.05, 0) is 31.4 Å². The van der Waals surface area contributed by atoms with Gasteiger partial charge in [0.05, 0.1) is 4.90 Å². The first-order valence-corrected chi connectivity index (χ1v) is 9.64. The van der Waals surface area contributed by atoms with Gasteiger partial charge in [0.25, 0.3) is 0 Å². The van der Waals surface area contributed by atoms with Crippen LogP contribution in [0.5, 0.6) is 11.5 Å². The van der Waals surface area contributed by atoms with Crippen LogP contribution in [0, 0.1) is 5.92 Å². The van der Waals surface area contributed by atoms with E-state index >= 15 is 0 Å². The number of ether oxygens (including phenoxy) is 2. The number of carbonyl (C=O) groups is 1. The minimum absolute atomic E-state index is 0.0250. The van der Waals surface area contributed by atoms with Crippen LogP contribution in [0.1, 0.15) is 26.2 Å². The second kappa shape index (κ2) is 6.98. The maximum Gasteiger partial charge on any atom is 0.243 e. The molecular weight excluding hydrogens is 332 g/mol. The predicted octanol–water partition coefficient (Wildman–Crippen LogP) is 1.34. The number of nitrogens with one attached hydrogen (secondary N) is 1. The van der Waals surface area contributed by atoms with Crippen molar-refractivity contribution >= 4 is 15.9 Å². The molecular formula is C16H22N2O5S. The minimum Gasteiger partial charge on any atom is -0.454 e. The molecule has 24 heavy (non-hydrogen) atoms. The first-order chi connectivity index (χ1) is 11.5. The fraction of sp³-hybridized carbons (Fsp3) is 0.562. The number of carbonyl (C=O) groups excluding carboxylic acids is 1. The van der Waals surface area contributed by atoms with Gasteiger partial charge in [0, 0.05) is 31.6 Å². The molecule has 1 fully saturated rings. The maximum absolute atomic E-state index is 12.8. The largest absolute Gasteiger partial charge is 0.454 e. The molecule has 0 aliphatic carbocycles. The highest BCUT2D eigenvalue weighted by molar-refractivity contribution is 7.89. The van der Waals surface area contributed by atoms with Gasteiger partial charge in [-0.3, -0.25) is 4.79 Å². The van der Waals surface area contributed by atoms with Crippen molar-refractivity contribution in [2.24, 2.45) is 5.92 Å². The molecule has 0 aromatic heterocycles. The number of hydrogen-bond acceptors (Lipinski definition) is 5. The number of benzene rings is 1. The molecule has 2 aliphatic rings. The lowest BCUT2D eigenvalue weighted by Gasteiger charge is -2.30. The van der Waals surface area contributed by atoms with Gasteiger partial charge in [0.15, 0.2) is 11.5 Å². The average Bonchev–Trinajstić information content (AvgIpc) is 3.07. The zero-order valence-corrected chi connectivity index (χ0v) is 14.5. The van der Waals surface area contributed by atoms with Crippen LogP contribution in [0.25, 0.3) is 0 Å². The topological polar surface area (TPSA) is 84.9 Å². The predicted molar refractivity (Wildman–Crippen MR) is 87.3 cm³/mol. The summed E-state index contributed by atoms with van der Waals surface area (Å²) < 4.78 is 37.4. The summed E-state index contributed by atoms with van der Waals surface area (Å²) in [6.07, 6.45) is 1.97. The molecule has 0 atom stereocenters. The first kappa shape index (κ1) is 17.0. The molecule has 0 saturated carbocycles. The zero-order chi connectivity index (χ0) is 17.2. The van der Waals surface area contributed by atoms with Crippen LogP contribution in [-0.2, 0) is 14.8 Å². The van der Waals surface area contributed by atoms with Crippen molar-refractivity contribution in [2.75, 3.05) is 26.4 Å². The fourth-order valence-electron chi connectivity index (χ4n) is 2.94. The van der Waals surface area contributed by atoms with Crippen LogP contribution in [0.3, 0.4) is 0 Å². The van der Waals surface area contributed by atoms with Gasteiger partial charge < -0.3 is 14.8 Å². The molecule has 0 unspecified atom stereocenters. The van der Waals surface area contributed by atoms with E-state index in [1.807, 2.05) is 6.92 Å². The molecule has 2 heterocycles. The standard InChI is InChI=1S/C16H22N2O5S/c1-2-7-17-16(19)12-5-8-18(9-6-12)24(20,21)13-3-4-14-15(10-13)23-11-22-14/h3-4,10,12H,2,5-9,11H2,1H3,(H,17,19). The average molecular weight is 354 g/mol. The van der Waals surface area contributed by atoms with Crippen LogP contribution in [0.4, 0.5) is 0 Å². The number of amides is 1. The van der Waals surface area contributed by atoms with Crippen LogP contribution in [0.15, 0.2) is 23.1 Å². The second-order valence-electron chi connectivity index (χ2n) is 5.98. The van der Waals surface area contributed by atoms with E-state index < -0.39 is 10.0 Å². The Morgan fingerprint density at radius 2 is 1.96 bits per heavy atom. The summed E-state index contributed by atoms with van der Waals surface area (Å²) in [4.78, 5) is 12.2. The number of fused-ring (bicyclic) bond motifs is 1. The number of nitrogens with zero attached hydrogens (tertiary/aromatic N) is 1. The second-order valence-corrected chi connectivity index (χ2v) is 7.92. The number of hydrogen-bond donors (Lipinski definition) is 1. The Kier molecular flexibility index (Phi) is 4.96. The van der Waals surface area contributed by atoms with Gasteiger partial charge in [-0.15, -0.1) is 0 Å². The summed E-state index contributed by atoms with van der Waals surface area (Å²) in [6, 6.07) is 4.64. The molecule has 0 radical (unpaired) electrons. The lowest BCUT2D eigenvalue weighted by molar-refractivity contribution is -0.126. The van der Waals surface area contributed by atoms with E-state index in [1.54, 1.807) is 6.07 Å². The third kappa shape index (κ3) is 3.34. The van der Waals surface area contributed by atoms with Crippen molar-refractivity contribution < 1.29 is 22.7 Å². The van der Waals surface area contributed by atoms with Gasteiger partial charge in [0.1, 0.15) is 0 Å². The maximum atomic E-state index is 12.8. The SMILES string of the molecule is CCCNC(=O)C1CCN(S(=O)(=O)c2ccc3c(c2)OCO3)CC1. The molecule has 1 aromatic carbocycles. The molecule has 7 nitrogen and oxygen atoms in total. The van der Waals surface area contributed by atoms with E-state index in [1.165, 1.54) is 16.4 Å². The molecule has 1 amide bonds. The van der Waals surface area contributed by atoms with Crippen LogP contribution >= 0.6 is 0 Å². The van der Waals surface area contributed by atoms with Gasteiger partial charge in [-0.25, -0.2) is 8.42 Å². The van der Waals surface area contributed by atoms with Crippen LogP contribution in [-0.4, -0.2) is 45.1 Å². The Hall–Kier alpha value is -1.80. The number of piperidine rings is 1. The lowest BCUT2D eigenvalue weighted by atomic mass is 9.97. The van der Waals surface area contributed by atoms with E-state index in [4.69, 9.17) is 9.47 Å². The smallest absolute Gasteiger partial charge is 0.243 e. The monoisotopic (exact) mass is 354 g/mol. The fourth-order valence-corrected chi connectivity index (χ4v) is 4.42. The molecule has 132 valence electrons. The zero-order valence-electron chi connectivity index (χ0n) is 13.7. The van der Waals surface area contributed by atoms with Gasteiger partial charge in [0.2, 0.25) is 22.7 Å². The highest BCUT2D eigenvalue weighted by Crippen LogP contribution is 2.35. The Bertz CT molecular complexity index is 711. The Morgan fingerprint density at radius 1 is 1.25 bits per heavy atom. The molecule has 2 aliphatic heterocycles. The van der Waals surface area contributed by atoms with E-state index in [9.17, 15) is 13.2 Å². The summed E-state index contributed by atoms with van der Waals surface area (Å²) >= 11 is 0. The van der Waals surface area contributed by atoms with Crippen molar-refractivity contribution in [1.82, 2.24) is 9.62 Å². The molecule has 8 heteroatoms. The lowest BCUT2D eigenvalue weighted by Crippen LogP contribution is -2.43. The third-order valence-electron chi connectivity index (χ3n) is 4.36. The molecule has 1 N–H and O–H groups in total. The third-order valence-corrected chi connectivity index (χ3v) is 6.25.